The summed E-state index contributed by atoms with van der Waals surface area (Å²) in [5.74, 6) is 0.779. The van der Waals surface area contributed by atoms with E-state index in [1.807, 2.05) is 19.2 Å². The average molecular weight is 264 g/mol. The largest absolute Gasteiger partial charge is 0.313 e. The van der Waals surface area contributed by atoms with Crippen LogP contribution in [0.1, 0.15) is 37.8 Å². The number of hydrogen-bond acceptors (Lipinski definition) is 2. The van der Waals surface area contributed by atoms with Crippen LogP contribution in [0.2, 0.25) is 0 Å². The quantitative estimate of drug-likeness (QED) is 0.775. The van der Waals surface area contributed by atoms with E-state index >= 15 is 0 Å². The van der Waals surface area contributed by atoms with Crippen molar-refractivity contribution in [2.24, 2.45) is 5.92 Å². The lowest BCUT2D eigenvalue weighted by Crippen LogP contribution is -2.30. The average Bonchev–Trinajstić information content (AvgIpc) is 3.24. The van der Waals surface area contributed by atoms with Crippen LogP contribution >= 0.6 is 0 Å². The lowest BCUT2D eigenvalue weighted by atomic mass is 10.0. The molecular formula is C16H25FN2. The maximum absolute atomic E-state index is 12.9. The summed E-state index contributed by atoms with van der Waals surface area (Å²) in [5, 5.41) is 3.34. The van der Waals surface area contributed by atoms with Crippen molar-refractivity contribution in [3.05, 3.63) is 35.6 Å². The Labute approximate surface area is 116 Å². The summed E-state index contributed by atoms with van der Waals surface area (Å²) >= 11 is 0. The molecule has 0 bridgehead atoms. The van der Waals surface area contributed by atoms with Crippen LogP contribution in [0.25, 0.3) is 0 Å². The second-order valence-corrected chi connectivity index (χ2v) is 5.52. The molecule has 1 N–H and O–H groups in total. The van der Waals surface area contributed by atoms with E-state index in [-0.39, 0.29) is 5.82 Å². The minimum Gasteiger partial charge on any atom is -0.313 e. The van der Waals surface area contributed by atoms with Gasteiger partial charge in [-0.3, -0.25) is 0 Å². The van der Waals surface area contributed by atoms with Crippen LogP contribution < -0.4 is 5.32 Å². The lowest BCUT2D eigenvalue weighted by molar-refractivity contribution is 0.261. The Balaban J connectivity index is 1.85. The van der Waals surface area contributed by atoms with Crippen molar-refractivity contribution < 1.29 is 4.39 Å². The van der Waals surface area contributed by atoms with Gasteiger partial charge in [0.1, 0.15) is 5.82 Å². The van der Waals surface area contributed by atoms with Crippen LogP contribution in [0.3, 0.4) is 0 Å². The molecule has 1 atom stereocenters. The van der Waals surface area contributed by atoms with Gasteiger partial charge in [0.05, 0.1) is 0 Å². The third-order valence-corrected chi connectivity index (χ3v) is 4.02. The van der Waals surface area contributed by atoms with Gasteiger partial charge in [0.15, 0.2) is 0 Å². The zero-order chi connectivity index (χ0) is 13.7. The number of halogens is 1. The molecule has 0 saturated heterocycles. The van der Waals surface area contributed by atoms with Gasteiger partial charge in [-0.1, -0.05) is 19.1 Å². The first kappa shape index (κ1) is 14.5. The normalized spacial score (nSPS) is 16.8. The summed E-state index contributed by atoms with van der Waals surface area (Å²) in [5.41, 5.74) is 1.17. The van der Waals surface area contributed by atoms with Gasteiger partial charge < -0.3 is 10.2 Å². The molecule has 1 aromatic carbocycles. The molecule has 1 aliphatic carbocycles. The molecule has 0 spiro atoms. The molecule has 2 rings (SSSR count). The van der Waals surface area contributed by atoms with Gasteiger partial charge in [-0.05, 0) is 63.0 Å². The van der Waals surface area contributed by atoms with Gasteiger partial charge in [-0.15, -0.1) is 0 Å². The fraction of sp³-hybridized carbons (Fsp3) is 0.625. The minimum absolute atomic E-state index is 0.164. The van der Waals surface area contributed by atoms with Crippen molar-refractivity contribution in [2.45, 2.75) is 32.2 Å². The van der Waals surface area contributed by atoms with Crippen LogP contribution in [0.15, 0.2) is 24.3 Å². The summed E-state index contributed by atoms with van der Waals surface area (Å²) in [6.07, 6.45) is 3.89. The Morgan fingerprint density at radius 3 is 2.53 bits per heavy atom. The van der Waals surface area contributed by atoms with E-state index < -0.39 is 0 Å². The van der Waals surface area contributed by atoms with E-state index in [9.17, 15) is 4.39 Å². The fourth-order valence-corrected chi connectivity index (χ4v) is 2.53. The first-order valence-corrected chi connectivity index (χ1v) is 7.38. The van der Waals surface area contributed by atoms with Gasteiger partial charge >= 0.3 is 0 Å². The molecular weight excluding hydrogens is 239 g/mol. The summed E-state index contributed by atoms with van der Waals surface area (Å²) in [7, 11) is 1.98. The number of hydrogen-bond donors (Lipinski definition) is 1. The smallest absolute Gasteiger partial charge is 0.123 e. The molecule has 0 amide bonds. The summed E-state index contributed by atoms with van der Waals surface area (Å²) in [4.78, 5) is 2.53. The highest BCUT2D eigenvalue weighted by Gasteiger charge is 2.23. The van der Waals surface area contributed by atoms with Crippen molar-refractivity contribution in [3.8, 4) is 0 Å². The van der Waals surface area contributed by atoms with Gasteiger partial charge in [0, 0.05) is 12.6 Å². The van der Waals surface area contributed by atoms with Gasteiger partial charge in [0.2, 0.25) is 0 Å². The van der Waals surface area contributed by atoms with Crippen molar-refractivity contribution >= 4 is 0 Å². The Bertz CT molecular complexity index is 373. The molecule has 106 valence electrons. The molecule has 1 fully saturated rings. The molecule has 0 radical (unpaired) electrons. The number of nitrogens with one attached hydrogen (secondary N) is 1. The van der Waals surface area contributed by atoms with E-state index in [2.05, 4.69) is 17.1 Å². The molecule has 1 aromatic rings. The first-order chi connectivity index (χ1) is 9.22. The van der Waals surface area contributed by atoms with Crippen molar-refractivity contribution in [3.63, 3.8) is 0 Å². The van der Waals surface area contributed by atoms with Crippen molar-refractivity contribution in [1.29, 1.82) is 0 Å². The van der Waals surface area contributed by atoms with Crippen molar-refractivity contribution in [1.82, 2.24) is 10.2 Å². The first-order valence-electron chi connectivity index (χ1n) is 7.38. The van der Waals surface area contributed by atoms with Crippen LogP contribution in [0, 0.1) is 11.7 Å². The standard InChI is InChI=1S/C16H25FN2/c1-3-19(12-13-4-5-13)11-10-16(18-2)14-6-8-15(17)9-7-14/h6-9,13,16,18H,3-5,10-12H2,1-2H3. The topological polar surface area (TPSA) is 15.3 Å². The number of benzene rings is 1. The molecule has 19 heavy (non-hydrogen) atoms. The van der Waals surface area contributed by atoms with E-state index in [4.69, 9.17) is 0 Å². The van der Waals surface area contributed by atoms with Gasteiger partial charge in [-0.25, -0.2) is 4.39 Å². The molecule has 0 aliphatic heterocycles. The van der Waals surface area contributed by atoms with E-state index in [0.29, 0.717) is 6.04 Å². The molecule has 0 aromatic heterocycles. The molecule has 1 aliphatic rings. The second-order valence-electron chi connectivity index (χ2n) is 5.52. The Kier molecular flexibility index (Phi) is 5.34. The number of nitrogens with zero attached hydrogens (tertiary/aromatic N) is 1. The maximum Gasteiger partial charge on any atom is 0.123 e. The SMILES string of the molecule is CCN(CCC(NC)c1ccc(F)cc1)CC1CC1. The van der Waals surface area contributed by atoms with Crippen LogP contribution in [0.5, 0.6) is 0 Å². The highest BCUT2D eigenvalue weighted by atomic mass is 19.1. The molecule has 1 unspecified atom stereocenters. The van der Waals surface area contributed by atoms with Crippen LogP contribution in [0.4, 0.5) is 4.39 Å². The Morgan fingerprint density at radius 1 is 1.32 bits per heavy atom. The van der Waals surface area contributed by atoms with Crippen LogP contribution in [-0.2, 0) is 0 Å². The Hall–Kier alpha value is -0.930. The lowest BCUT2D eigenvalue weighted by Gasteiger charge is -2.24. The Morgan fingerprint density at radius 2 is 2.00 bits per heavy atom. The maximum atomic E-state index is 12.9. The van der Waals surface area contributed by atoms with Crippen molar-refractivity contribution in [2.75, 3.05) is 26.7 Å². The minimum atomic E-state index is -0.164. The fourth-order valence-electron chi connectivity index (χ4n) is 2.53. The molecule has 2 nitrogen and oxygen atoms in total. The van der Waals surface area contributed by atoms with E-state index in [0.717, 1.165) is 25.4 Å². The highest BCUT2D eigenvalue weighted by molar-refractivity contribution is 5.19. The summed E-state index contributed by atoms with van der Waals surface area (Å²) in [6, 6.07) is 7.17. The third-order valence-electron chi connectivity index (χ3n) is 4.02. The molecule has 1 saturated carbocycles. The zero-order valence-electron chi connectivity index (χ0n) is 12.0. The summed E-state index contributed by atoms with van der Waals surface area (Å²) < 4.78 is 12.9. The second kappa shape index (κ2) is 7.01. The number of rotatable bonds is 8. The predicted molar refractivity (Wildman–Crippen MR) is 77.7 cm³/mol. The molecule has 3 heteroatoms. The van der Waals surface area contributed by atoms with E-state index in [1.54, 1.807) is 12.1 Å². The van der Waals surface area contributed by atoms with Gasteiger partial charge in [-0.2, -0.15) is 0 Å². The third kappa shape index (κ3) is 4.59. The van der Waals surface area contributed by atoms with Gasteiger partial charge in [0.25, 0.3) is 0 Å². The predicted octanol–water partition coefficient (Wildman–Crippen LogP) is 3.21. The highest BCUT2D eigenvalue weighted by Crippen LogP contribution is 2.30. The van der Waals surface area contributed by atoms with Crippen LogP contribution in [-0.4, -0.2) is 31.6 Å². The monoisotopic (exact) mass is 264 g/mol. The zero-order valence-corrected chi connectivity index (χ0v) is 12.0. The van der Waals surface area contributed by atoms with E-state index in [1.165, 1.54) is 24.9 Å². The molecule has 0 heterocycles. The summed E-state index contributed by atoms with van der Waals surface area (Å²) in [6.45, 7) is 5.71.